The number of benzene rings is 8. The maximum atomic E-state index is 13.6. The van der Waals surface area contributed by atoms with E-state index in [4.69, 9.17) is 4.65 Å². The lowest BCUT2D eigenvalue weighted by Crippen LogP contribution is -2.09. The van der Waals surface area contributed by atoms with E-state index in [9.17, 15) is 13.4 Å². The van der Waals surface area contributed by atoms with Crippen molar-refractivity contribution >= 4 is 53.1 Å². The first-order valence-corrected chi connectivity index (χ1v) is 18.9. The fourth-order valence-corrected chi connectivity index (χ4v) is 6.95. The molecule has 0 bridgehead atoms. The third-order valence-electron chi connectivity index (χ3n) is 9.79. The summed E-state index contributed by atoms with van der Waals surface area (Å²) in [5.41, 5.74) is 10.6. The van der Waals surface area contributed by atoms with Gasteiger partial charge in [0.15, 0.2) is 5.78 Å². The molecule has 0 radical (unpaired) electrons. The first-order chi connectivity index (χ1) is 28.5. The van der Waals surface area contributed by atoms with Gasteiger partial charge in [0.05, 0.1) is 0 Å². The molecule has 0 aliphatic rings. The number of hydrogen-bond acceptors (Lipinski definition) is 4. The molecule has 0 aliphatic carbocycles. The van der Waals surface area contributed by atoms with Crippen molar-refractivity contribution in [2.45, 2.75) is 0 Å². The lowest BCUT2D eigenvalue weighted by molar-refractivity contribution is 0.104. The number of ketones is 1. The molecule has 0 saturated heterocycles. The molecule has 8 rings (SSSR count). The third-order valence-corrected chi connectivity index (χ3v) is 9.79. The summed E-state index contributed by atoms with van der Waals surface area (Å²) in [6.07, 6.45) is 1.13. The van der Waals surface area contributed by atoms with Crippen LogP contribution in [0.3, 0.4) is 0 Å². The molecule has 0 spiro atoms. The maximum Gasteiger partial charge on any atom is 0.796 e. The summed E-state index contributed by atoms with van der Waals surface area (Å²) in [4.78, 5) is 17.8. The Morgan fingerprint density at radius 1 is 0.379 bits per heavy atom. The molecule has 0 amide bonds. The monoisotopic (exact) mass is 758 g/mol. The number of nitrogens with zero attached hydrogens (tertiary/aromatic N) is 2. The highest BCUT2D eigenvalue weighted by molar-refractivity contribution is 6.36. The van der Waals surface area contributed by atoms with E-state index in [2.05, 4.69) is 82.6 Å². The van der Waals surface area contributed by atoms with Crippen LogP contribution in [0.4, 0.5) is 42.8 Å². The van der Waals surface area contributed by atoms with Gasteiger partial charge in [-0.1, -0.05) is 146 Å². The standard InChI is InChI=1S/C51H37BF2N2O2/c53-52(54)58-51(43-27-23-39(24-28-43)41-31-35-49(36-32-41)56(46-17-9-3-10-18-46)47-19-11-4-12-20-47)37-50(57)42-25-21-38(22-26-42)40-29-33-48(34-30-40)55(44-13-5-1-6-14-44)45-15-7-2-8-16-45/h1-37H/b51-37-. The fraction of sp³-hybridized carbons (Fsp3) is 0. The van der Waals surface area contributed by atoms with Gasteiger partial charge in [-0.3, -0.25) is 4.79 Å². The van der Waals surface area contributed by atoms with Gasteiger partial charge in [0.1, 0.15) is 5.76 Å². The largest absolute Gasteiger partial charge is 0.796 e. The summed E-state index contributed by atoms with van der Waals surface area (Å²) in [5.74, 6) is -0.649. The predicted octanol–water partition coefficient (Wildman–Crippen LogP) is 14.1. The van der Waals surface area contributed by atoms with E-state index in [0.717, 1.165) is 62.5 Å². The van der Waals surface area contributed by atoms with E-state index in [0.29, 0.717) is 11.1 Å². The van der Waals surface area contributed by atoms with Crippen LogP contribution < -0.4 is 9.80 Å². The molecule has 0 aliphatic heterocycles. The maximum absolute atomic E-state index is 13.6. The van der Waals surface area contributed by atoms with Crippen molar-refractivity contribution in [3.8, 4) is 22.3 Å². The lowest BCUT2D eigenvalue weighted by Gasteiger charge is -2.25. The van der Waals surface area contributed by atoms with Crippen LogP contribution in [0.5, 0.6) is 0 Å². The molecule has 0 aromatic heterocycles. The summed E-state index contributed by atoms with van der Waals surface area (Å²) >= 11 is 0. The zero-order valence-electron chi connectivity index (χ0n) is 31.4. The summed E-state index contributed by atoms with van der Waals surface area (Å²) < 4.78 is 32.2. The highest BCUT2D eigenvalue weighted by Crippen LogP contribution is 2.37. The molecular weight excluding hydrogens is 721 g/mol. The lowest BCUT2D eigenvalue weighted by atomic mass is 10.00. The molecule has 8 aromatic carbocycles. The van der Waals surface area contributed by atoms with Gasteiger partial charge >= 0.3 is 7.47 Å². The van der Waals surface area contributed by atoms with Gasteiger partial charge in [0.2, 0.25) is 0 Å². The van der Waals surface area contributed by atoms with E-state index in [1.165, 1.54) is 0 Å². The molecule has 280 valence electrons. The van der Waals surface area contributed by atoms with Crippen LogP contribution in [0.1, 0.15) is 15.9 Å². The van der Waals surface area contributed by atoms with Crippen molar-refractivity contribution in [3.63, 3.8) is 0 Å². The zero-order valence-corrected chi connectivity index (χ0v) is 31.4. The number of halogens is 2. The van der Waals surface area contributed by atoms with Gasteiger partial charge in [-0.05, 0) is 95.1 Å². The highest BCUT2D eigenvalue weighted by atomic mass is 19.2. The molecule has 0 heterocycles. The molecule has 8 aromatic rings. The van der Waals surface area contributed by atoms with Gasteiger partial charge in [-0.2, -0.15) is 0 Å². The number of hydrogen-bond donors (Lipinski definition) is 0. The fourth-order valence-electron chi connectivity index (χ4n) is 6.95. The SMILES string of the molecule is O=C(/C=C(\OB(F)F)c1ccc(-c2ccc(N(c3ccccc3)c3ccccc3)cc2)cc1)c1ccc(-c2ccc(N(c3ccccc3)c3ccccc3)cc2)cc1. The Hall–Kier alpha value is -7.51. The number of carbonyl (C=O) groups is 1. The van der Waals surface area contributed by atoms with Crippen LogP contribution in [0.2, 0.25) is 0 Å². The van der Waals surface area contributed by atoms with Gasteiger partial charge < -0.3 is 14.5 Å². The van der Waals surface area contributed by atoms with Crippen LogP contribution in [0, 0.1) is 0 Å². The Labute approximate surface area is 337 Å². The summed E-state index contributed by atoms with van der Waals surface area (Å²) in [7, 11) is -3.10. The summed E-state index contributed by atoms with van der Waals surface area (Å²) in [5, 5.41) is 0. The number of anilines is 6. The zero-order chi connectivity index (χ0) is 39.7. The van der Waals surface area contributed by atoms with Crippen molar-refractivity contribution in [1.82, 2.24) is 0 Å². The number of rotatable bonds is 13. The second kappa shape index (κ2) is 17.5. The number of carbonyl (C=O) groups excluding carboxylic acids is 1. The van der Waals surface area contributed by atoms with Crippen molar-refractivity contribution in [3.05, 3.63) is 236 Å². The Bertz CT molecular complexity index is 2510. The minimum Gasteiger partial charge on any atom is -0.505 e. The van der Waals surface area contributed by atoms with E-state index in [1.54, 1.807) is 24.3 Å². The van der Waals surface area contributed by atoms with E-state index in [-0.39, 0.29) is 5.76 Å². The summed E-state index contributed by atoms with van der Waals surface area (Å²) in [6, 6.07) is 71.2. The molecule has 0 fully saturated rings. The Balaban J connectivity index is 0.984. The first-order valence-electron chi connectivity index (χ1n) is 18.9. The van der Waals surface area contributed by atoms with Crippen molar-refractivity contribution in [1.29, 1.82) is 0 Å². The topological polar surface area (TPSA) is 32.8 Å². The van der Waals surface area contributed by atoms with Gasteiger partial charge in [0, 0.05) is 51.3 Å². The molecule has 0 N–H and O–H groups in total. The summed E-state index contributed by atoms with van der Waals surface area (Å²) in [6.45, 7) is 0. The van der Waals surface area contributed by atoms with Crippen molar-refractivity contribution in [2.24, 2.45) is 0 Å². The van der Waals surface area contributed by atoms with Crippen LogP contribution >= 0.6 is 0 Å². The normalized spacial score (nSPS) is 11.1. The van der Waals surface area contributed by atoms with Crippen molar-refractivity contribution in [2.75, 3.05) is 9.80 Å². The molecule has 0 atom stereocenters. The van der Waals surface area contributed by atoms with Crippen molar-refractivity contribution < 1.29 is 18.1 Å². The molecule has 0 saturated carbocycles. The molecule has 7 heteroatoms. The average Bonchev–Trinajstić information content (AvgIpc) is 3.28. The predicted molar refractivity (Wildman–Crippen MR) is 234 cm³/mol. The van der Waals surface area contributed by atoms with E-state index < -0.39 is 13.3 Å². The quantitative estimate of drug-likeness (QED) is 0.0507. The number of para-hydroxylation sites is 4. The Morgan fingerprint density at radius 3 is 0.966 bits per heavy atom. The Kier molecular flexibility index (Phi) is 11.3. The third kappa shape index (κ3) is 8.64. The molecular formula is C51H37BF2N2O2. The van der Waals surface area contributed by atoms with Crippen LogP contribution in [-0.4, -0.2) is 13.3 Å². The molecule has 58 heavy (non-hydrogen) atoms. The van der Waals surface area contributed by atoms with E-state index in [1.807, 2.05) is 121 Å². The van der Waals surface area contributed by atoms with Crippen LogP contribution in [-0.2, 0) is 4.65 Å². The number of allylic oxidation sites excluding steroid dienone is 1. The van der Waals surface area contributed by atoms with Gasteiger partial charge in [-0.25, -0.2) is 8.63 Å². The smallest absolute Gasteiger partial charge is 0.505 e. The first kappa shape index (κ1) is 37.4. The minimum absolute atomic E-state index is 0.204. The van der Waals surface area contributed by atoms with E-state index >= 15 is 0 Å². The molecule has 4 nitrogen and oxygen atoms in total. The highest BCUT2D eigenvalue weighted by Gasteiger charge is 2.22. The van der Waals surface area contributed by atoms with Crippen LogP contribution in [0.25, 0.3) is 28.0 Å². The minimum atomic E-state index is -3.10. The Morgan fingerprint density at radius 2 is 0.655 bits per heavy atom. The van der Waals surface area contributed by atoms with Gasteiger partial charge in [0.25, 0.3) is 0 Å². The second-order valence-electron chi connectivity index (χ2n) is 13.5. The van der Waals surface area contributed by atoms with Crippen LogP contribution in [0.15, 0.2) is 224 Å². The molecule has 0 unspecified atom stereocenters. The van der Waals surface area contributed by atoms with Gasteiger partial charge in [-0.15, -0.1) is 0 Å². The average molecular weight is 759 g/mol. The second-order valence-corrected chi connectivity index (χ2v) is 13.5.